The molecule has 0 saturated heterocycles. The number of hydrogen-bond donors (Lipinski definition) is 1. The maximum atomic E-state index is 12.3. The topological polar surface area (TPSA) is 94.8 Å². The van der Waals surface area contributed by atoms with Crippen molar-refractivity contribution in [3.63, 3.8) is 0 Å². The average molecular weight is 437 g/mol. The van der Waals surface area contributed by atoms with E-state index in [1.165, 1.54) is 12.1 Å². The number of fused-ring (bicyclic) bond motifs is 1. The Kier molecular flexibility index (Phi) is 6.98. The highest BCUT2D eigenvalue weighted by atomic mass is 16.6. The minimum Gasteiger partial charge on any atom is -0.482 e. The Labute approximate surface area is 186 Å². The highest BCUT2D eigenvalue weighted by molar-refractivity contribution is 5.96. The molecule has 0 aliphatic heterocycles. The van der Waals surface area contributed by atoms with E-state index >= 15 is 0 Å². The molecule has 1 aromatic heterocycles. The normalized spacial score (nSPS) is 11.1. The first-order valence-corrected chi connectivity index (χ1v) is 10.5. The van der Waals surface area contributed by atoms with Gasteiger partial charge in [-0.2, -0.15) is 0 Å². The van der Waals surface area contributed by atoms with Gasteiger partial charge in [-0.05, 0) is 62.1 Å². The van der Waals surface area contributed by atoms with Crippen LogP contribution in [-0.4, -0.2) is 24.5 Å². The summed E-state index contributed by atoms with van der Waals surface area (Å²) >= 11 is 0. The number of nitrogens with one attached hydrogen (secondary N) is 1. The van der Waals surface area contributed by atoms with Crippen LogP contribution in [0.3, 0.4) is 0 Å². The molecular weight excluding hydrogens is 410 g/mol. The number of ether oxygens (including phenoxy) is 2. The Morgan fingerprint density at radius 3 is 2.47 bits per heavy atom. The fourth-order valence-corrected chi connectivity index (χ4v) is 3.19. The van der Waals surface area contributed by atoms with Crippen LogP contribution in [0.25, 0.3) is 11.0 Å². The van der Waals surface area contributed by atoms with E-state index in [1.807, 2.05) is 25.1 Å². The van der Waals surface area contributed by atoms with E-state index < -0.39 is 17.5 Å². The highest BCUT2D eigenvalue weighted by Gasteiger charge is 2.16. The Balaban J connectivity index is 1.72. The molecule has 0 fully saturated rings. The van der Waals surface area contributed by atoms with Crippen LogP contribution >= 0.6 is 0 Å². The summed E-state index contributed by atoms with van der Waals surface area (Å²) < 4.78 is 16.3. The number of rotatable bonds is 7. The van der Waals surface area contributed by atoms with Crippen molar-refractivity contribution >= 4 is 22.8 Å². The molecule has 1 heterocycles. The summed E-state index contributed by atoms with van der Waals surface area (Å²) in [5.74, 6) is 0.0178. The van der Waals surface area contributed by atoms with Crippen molar-refractivity contribution in [1.82, 2.24) is 5.32 Å². The fourth-order valence-electron chi connectivity index (χ4n) is 3.19. The summed E-state index contributed by atoms with van der Waals surface area (Å²) in [6.07, 6.45) is 0. The number of esters is 1. The molecule has 168 valence electrons. The molecule has 7 nitrogen and oxygen atoms in total. The van der Waals surface area contributed by atoms with Gasteiger partial charge in [-0.3, -0.25) is 4.79 Å². The Bertz CT molecular complexity index is 1210. The Hall–Kier alpha value is -3.61. The molecule has 2 aromatic carbocycles. The molecule has 3 aromatic rings. The molecule has 0 aliphatic rings. The summed E-state index contributed by atoms with van der Waals surface area (Å²) in [4.78, 5) is 36.7. The largest absolute Gasteiger partial charge is 0.482 e. The molecule has 0 saturated carbocycles. The van der Waals surface area contributed by atoms with E-state index in [2.05, 4.69) is 19.2 Å². The maximum absolute atomic E-state index is 12.3. The molecule has 3 rings (SSSR count). The molecule has 7 heteroatoms. The predicted octanol–water partition coefficient (Wildman–Crippen LogP) is 4.35. The Morgan fingerprint density at radius 1 is 1.03 bits per heavy atom. The van der Waals surface area contributed by atoms with Crippen molar-refractivity contribution in [3.8, 4) is 11.5 Å². The third-order valence-electron chi connectivity index (χ3n) is 4.74. The van der Waals surface area contributed by atoms with E-state index in [0.717, 1.165) is 11.1 Å². The van der Waals surface area contributed by atoms with Crippen LogP contribution in [-0.2, 0) is 4.79 Å². The first-order chi connectivity index (χ1) is 15.1. The lowest BCUT2D eigenvalue weighted by atomic mass is 10.0. The quantitative estimate of drug-likeness (QED) is 0.336. The molecule has 0 radical (unpaired) electrons. The molecule has 0 bridgehead atoms. The van der Waals surface area contributed by atoms with Crippen LogP contribution in [0.4, 0.5) is 0 Å². The summed E-state index contributed by atoms with van der Waals surface area (Å²) in [6, 6.07) is 11.8. The predicted molar refractivity (Wildman–Crippen MR) is 121 cm³/mol. The van der Waals surface area contributed by atoms with E-state index in [1.54, 1.807) is 26.0 Å². The minimum atomic E-state index is -0.761. The number of amides is 1. The van der Waals surface area contributed by atoms with Gasteiger partial charge in [-0.25, -0.2) is 9.59 Å². The number of hydrogen-bond acceptors (Lipinski definition) is 6. The zero-order chi connectivity index (χ0) is 23.4. The third-order valence-corrected chi connectivity index (χ3v) is 4.74. The number of benzene rings is 2. The second kappa shape index (κ2) is 9.68. The smallest absolute Gasteiger partial charge is 0.349 e. The van der Waals surface area contributed by atoms with Gasteiger partial charge in [-0.15, -0.1) is 0 Å². The van der Waals surface area contributed by atoms with Crippen molar-refractivity contribution in [1.29, 1.82) is 0 Å². The second-order valence-corrected chi connectivity index (χ2v) is 8.23. The first-order valence-electron chi connectivity index (χ1n) is 10.5. The van der Waals surface area contributed by atoms with Crippen LogP contribution in [0.5, 0.6) is 11.5 Å². The first kappa shape index (κ1) is 23.1. The van der Waals surface area contributed by atoms with Crippen molar-refractivity contribution in [2.75, 3.05) is 6.61 Å². The molecule has 0 atom stereocenters. The van der Waals surface area contributed by atoms with Gasteiger partial charge in [0.05, 0.1) is 0 Å². The van der Waals surface area contributed by atoms with Crippen molar-refractivity contribution in [2.24, 2.45) is 0 Å². The van der Waals surface area contributed by atoms with Crippen LogP contribution in [0, 0.1) is 6.92 Å². The van der Waals surface area contributed by atoms with Gasteiger partial charge in [0, 0.05) is 17.5 Å². The van der Waals surface area contributed by atoms with E-state index in [9.17, 15) is 14.4 Å². The third kappa shape index (κ3) is 5.55. The molecule has 1 N–H and O–H groups in total. The molecule has 0 aliphatic carbocycles. The molecule has 1 amide bonds. The van der Waals surface area contributed by atoms with Gasteiger partial charge in [0.15, 0.2) is 6.61 Å². The lowest BCUT2D eigenvalue weighted by Gasteiger charge is -2.14. The van der Waals surface area contributed by atoms with E-state index in [0.29, 0.717) is 11.1 Å². The van der Waals surface area contributed by atoms with Gasteiger partial charge in [0.25, 0.3) is 5.91 Å². The van der Waals surface area contributed by atoms with Crippen LogP contribution in [0.2, 0.25) is 0 Å². The van der Waals surface area contributed by atoms with E-state index in [-0.39, 0.29) is 35.5 Å². The van der Waals surface area contributed by atoms with Crippen LogP contribution in [0.1, 0.15) is 55.1 Å². The second-order valence-electron chi connectivity index (χ2n) is 8.23. The van der Waals surface area contributed by atoms with Gasteiger partial charge in [-0.1, -0.05) is 26.0 Å². The van der Waals surface area contributed by atoms with Crippen LogP contribution < -0.4 is 20.4 Å². The average Bonchev–Trinajstić information content (AvgIpc) is 2.71. The lowest BCUT2D eigenvalue weighted by molar-refractivity contribution is -0.136. The maximum Gasteiger partial charge on any atom is 0.349 e. The zero-order valence-corrected chi connectivity index (χ0v) is 18.9. The standard InChI is InChI=1S/C25H27NO6/c1-14(2)19-9-6-16(5)10-22(19)30-13-23(27)31-18-8-7-17-11-20(24(28)26-15(3)4)25(29)32-21(17)12-18/h6-12,14-15H,13H2,1-5H3,(H,26,28). The van der Waals surface area contributed by atoms with Crippen molar-refractivity contribution in [3.05, 3.63) is 69.6 Å². The summed E-state index contributed by atoms with van der Waals surface area (Å²) in [5.41, 5.74) is 1.41. The summed E-state index contributed by atoms with van der Waals surface area (Å²) in [7, 11) is 0. The molecule has 32 heavy (non-hydrogen) atoms. The number of carbonyl (C=O) groups excluding carboxylic acids is 2. The van der Waals surface area contributed by atoms with Crippen LogP contribution in [0.15, 0.2) is 51.7 Å². The van der Waals surface area contributed by atoms with Crippen molar-refractivity contribution in [2.45, 2.75) is 46.6 Å². The molecule has 0 spiro atoms. The van der Waals surface area contributed by atoms with Gasteiger partial charge >= 0.3 is 11.6 Å². The van der Waals surface area contributed by atoms with E-state index in [4.69, 9.17) is 13.9 Å². The monoisotopic (exact) mass is 437 g/mol. The highest BCUT2D eigenvalue weighted by Crippen LogP contribution is 2.27. The van der Waals surface area contributed by atoms with Gasteiger partial charge in [0.1, 0.15) is 22.6 Å². The number of aryl methyl sites for hydroxylation is 1. The van der Waals surface area contributed by atoms with Gasteiger partial charge < -0.3 is 19.2 Å². The summed E-state index contributed by atoms with van der Waals surface area (Å²) in [6.45, 7) is 9.39. The minimum absolute atomic E-state index is 0.0801. The molecule has 0 unspecified atom stereocenters. The molecular formula is C25H27NO6. The Morgan fingerprint density at radius 2 is 1.78 bits per heavy atom. The lowest BCUT2D eigenvalue weighted by Crippen LogP contribution is -2.33. The SMILES string of the molecule is Cc1ccc(C(C)C)c(OCC(=O)Oc2ccc3cc(C(=O)NC(C)C)c(=O)oc3c2)c1. The van der Waals surface area contributed by atoms with Crippen molar-refractivity contribution < 1.29 is 23.5 Å². The van der Waals surface area contributed by atoms with Gasteiger partial charge in [0.2, 0.25) is 0 Å². The number of carbonyl (C=O) groups is 2. The summed E-state index contributed by atoms with van der Waals surface area (Å²) in [5, 5.41) is 3.20. The zero-order valence-electron chi connectivity index (χ0n) is 18.9. The fraction of sp³-hybridized carbons (Fsp3) is 0.320.